The highest BCUT2D eigenvalue weighted by atomic mass is 16.5. The lowest BCUT2D eigenvalue weighted by atomic mass is 10.3. The molecule has 0 aliphatic carbocycles. The minimum Gasteiger partial charge on any atom is -0.485 e. The zero-order chi connectivity index (χ0) is 12.8. The number of ether oxygens (including phenoxy) is 1. The van der Waals surface area contributed by atoms with Gasteiger partial charge in [-0.1, -0.05) is 37.2 Å². The van der Waals surface area contributed by atoms with Gasteiger partial charge in [0.25, 0.3) is 0 Å². The van der Waals surface area contributed by atoms with Crippen molar-refractivity contribution < 1.29 is 9.26 Å². The highest BCUT2D eigenvalue weighted by molar-refractivity contribution is 5.20. The van der Waals surface area contributed by atoms with Gasteiger partial charge >= 0.3 is 0 Å². The van der Waals surface area contributed by atoms with Gasteiger partial charge in [-0.25, -0.2) is 0 Å². The Labute approximate surface area is 106 Å². The zero-order valence-electron chi connectivity index (χ0n) is 10.6. The second-order valence-corrected chi connectivity index (χ2v) is 4.24. The van der Waals surface area contributed by atoms with Gasteiger partial charge in [0, 0.05) is 6.04 Å². The smallest absolute Gasteiger partial charge is 0.240 e. The minimum absolute atomic E-state index is 0.315. The molecule has 1 aromatic carbocycles. The highest BCUT2D eigenvalue weighted by Gasteiger charge is 2.07. The molecule has 0 aliphatic rings. The summed E-state index contributed by atoms with van der Waals surface area (Å²) in [5, 5.41) is 7.07. The summed E-state index contributed by atoms with van der Waals surface area (Å²) in [6, 6.07) is 9.95. The molecule has 0 atom stereocenters. The van der Waals surface area contributed by atoms with E-state index < -0.39 is 0 Å². The molecule has 5 heteroatoms. The monoisotopic (exact) mass is 247 g/mol. The van der Waals surface area contributed by atoms with Crippen LogP contribution in [0.2, 0.25) is 0 Å². The number of nitrogens with one attached hydrogen (secondary N) is 1. The first-order valence-electron chi connectivity index (χ1n) is 5.97. The molecule has 0 fully saturated rings. The molecule has 0 saturated carbocycles. The van der Waals surface area contributed by atoms with E-state index >= 15 is 0 Å². The molecule has 5 nitrogen and oxygen atoms in total. The Hall–Kier alpha value is -1.88. The summed E-state index contributed by atoms with van der Waals surface area (Å²) in [5.41, 5.74) is 0. The quantitative estimate of drug-likeness (QED) is 0.847. The van der Waals surface area contributed by atoms with Gasteiger partial charge in [0.15, 0.2) is 6.61 Å². The van der Waals surface area contributed by atoms with Crippen LogP contribution in [0.5, 0.6) is 5.75 Å². The third-order valence-electron chi connectivity index (χ3n) is 2.28. The van der Waals surface area contributed by atoms with Gasteiger partial charge in [0.1, 0.15) is 5.75 Å². The van der Waals surface area contributed by atoms with Crippen molar-refractivity contribution >= 4 is 0 Å². The maximum absolute atomic E-state index is 5.53. The van der Waals surface area contributed by atoms with E-state index in [0.717, 1.165) is 5.75 Å². The highest BCUT2D eigenvalue weighted by Crippen LogP contribution is 2.10. The van der Waals surface area contributed by atoms with Crippen LogP contribution in [0, 0.1) is 0 Å². The molecule has 0 radical (unpaired) electrons. The summed E-state index contributed by atoms with van der Waals surface area (Å²) in [6.07, 6.45) is 0. The zero-order valence-corrected chi connectivity index (χ0v) is 10.6. The van der Waals surface area contributed by atoms with Gasteiger partial charge in [-0.15, -0.1) is 0 Å². The molecule has 0 spiro atoms. The lowest BCUT2D eigenvalue weighted by molar-refractivity contribution is 0.284. The third-order valence-corrected chi connectivity index (χ3v) is 2.28. The molecule has 2 rings (SSSR count). The van der Waals surface area contributed by atoms with Crippen LogP contribution in [-0.4, -0.2) is 16.2 Å². The summed E-state index contributed by atoms with van der Waals surface area (Å²) in [6.45, 7) is 5.02. The molecule has 0 aliphatic heterocycles. The van der Waals surface area contributed by atoms with Crippen LogP contribution in [-0.2, 0) is 13.2 Å². The van der Waals surface area contributed by atoms with Crippen LogP contribution >= 0.6 is 0 Å². The summed E-state index contributed by atoms with van der Waals surface area (Å²) in [4.78, 5) is 4.23. The van der Waals surface area contributed by atoms with E-state index in [-0.39, 0.29) is 0 Å². The van der Waals surface area contributed by atoms with Crippen LogP contribution in [0.3, 0.4) is 0 Å². The van der Waals surface area contributed by atoms with E-state index in [0.29, 0.717) is 30.9 Å². The second-order valence-electron chi connectivity index (χ2n) is 4.24. The fourth-order valence-electron chi connectivity index (χ4n) is 1.38. The van der Waals surface area contributed by atoms with E-state index in [9.17, 15) is 0 Å². The van der Waals surface area contributed by atoms with E-state index in [1.54, 1.807) is 0 Å². The van der Waals surface area contributed by atoms with Gasteiger partial charge in [-0.05, 0) is 12.1 Å². The van der Waals surface area contributed by atoms with Crippen LogP contribution in [0.15, 0.2) is 34.9 Å². The minimum atomic E-state index is 0.315. The molecule has 0 saturated heterocycles. The summed E-state index contributed by atoms with van der Waals surface area (Å²) in [7, 11) is 0. The second kappa shape index (κ2) is 6.16. The van der Waals surface area contributed by atoms with Crippen LogP contribution in [0.4, 0.5) is 0 Å². The number of para-hydroxylation sites is 1. The SMILES string of the molecule is CC(C)NCc1nc(COc2ccccc2)no1. The number of hydrogen-bond acceptors (Lipinski definition) is 5. The van der Waals surface area contributed by atoms with Gasteiger partial charge in [-0.3, -0.25) is 0 Å². The van der Waals surface area contributed by atoms with Crippen molar-refractivity contribution in [2.75, 3.05) is 0 Å². The lowest BCUT2D eigenvalue weighted by Crippen LogP contribution is -2.21. The van der Waals surface area contributed by atoms with Crippen LogP contribution in [0.1, 0.15) is 25.6 Å². The van der Waals surface area contributed by atoms with Crippen LogP contribution in [0.25, 0.3) is 0 Å². The van der Waals surface area contributed by atoms with E-state index in [1.165, 1.54) is 0 Å². The third kappa shape index (κ3) is 3.85. The Morgan fingerprint density at radius 1 is 1.28 bits per heavy atom. The summed E-state index contributed by atoms with van der Waals surface area (Å²) < 4.78 is 10.6. The average molecular weight is 247 g/mol. The van der Waals surface area contributed by atoms with Crippen molar-refractivity contribution in [3.63, 3.8) is 0 Å². The first-order valence-corrected chi connectivity index (χ1v) is 5.97. The molecule has 96 valence electrons. The topological polar surface area (TPSA) is 60.2 Å². The Kier molecular flexibility index (Phi) is 4.30. The summed E-state index contributed by atoms with van der Waals surface area (Å²) in [5.74, 6) is 1.93. The predicted octanol–water partition coefficient (Wildman–Crippen LogP) is 2.15. The van der Waals surface area contributed by atoms with Gasteiger partial charge < -0.3 is 14.6 Å². The van der Waals surface area contributed by atoms with Crippen LogP contribution < -0.4 is 10.1 Å². The van der Waals surface area contributed by atoms with E-state index in [1.807, 2.05) is 30.3 Å². The Morgan fingerprint density at radius 3 is 2.78 bits per heavy atom. The molecule has 1 aromatic heterocycles. The molecule has 1 heterocycles. The molecule has 0 amide bonds. The largest absolute Gasteiger partial charge is 0.485 e. The lowest BCUT2D eigenvalue weighted by Gasteiger charge is -2.03. The molecule has 0 bridgehead atoms. The van der Waals surface area contributed by atoms with Gasteiger partial charge in [0.2, 0.25) is 11.7 Å². The molecule has 1 N–H and O–H groups in total. The fraction of sp³-hybridized carbons (Fsp3) is 0.385. The molecule has 18 heavy (non-hydrogen) atoms. The number of aromatic nitrogens is 2. The number of rotatable bonds is 6. The maximum Gasteiger partial charge on any atom is 0.240 e. The molecule has 0 unspecified atom stereocenters. The normalized spacial score (nSPS) is 10.8. The van der Waals surface area contributed by atoms with Gasteiger partial charge in [0.05, 0.1) is 6.54 Å². The van der Waals surface area contributed by atoms with Crippen molar-refractivity contribution in [3.05, 3.63) is 42.0 Å². The summed E-state index contributed by atoms with van der Waals surface area (Å²) >= 11 is 0. The van der Waals surface area contributed by atoms with Crippen molar-refractivity contribution in [2.45, 2.75) is 33.0 Å². The molecular weight excluding hydrogens is 230 g/mol. The van der Waals surface area contributed by atoms with Crippen molar-refractivity contribution in [2.24, 2.45) is 0 Å². The van der Waals surface area contributed by atoms with Gasteiger partial charge in [-0.2, -0.15) is 4.98 Å². The number of benzene rings is 1. The standard InChI is InChI=1S/C13H17N3O2/c1-10(2)14-8-13-15-12(16-18-13)9-17-11-6-4-3-5-7-11/h3-7,10,14H,8-9H2,1-2H3. The average Bonchev–Trinajstić information content (AvgIpc) is 2.83. The van der Waals surface area contributed by atoms with Crippen molar-refractivity contribution in [3.8, 4) is 5.75 Å². The Morgan fingerprint density at radius 2 is 2.06 bits per heavy atom. The molecular formula is C13H17N3O2. The number of hydrogen-bond donors (Lipinski definition) is 1. The Balaban J connectivity index is 1.83. The Bertz CT molecular complexity index is 468. The van der Waals surface area contributed by atoms with Crippen molar-refractivity contribution in [1.29, 1.82) is 0 Å². The van der Waals surface area contributed by atoms with E-state index in [2.05, 4.69) is 29.3 Å². The maximum atomic E-state index is 5.53. The van der Waals surface area contributed by atoms with Crippen molar-refractivity contribution in [1.82, 2.24) is 15.5 Å². The number of nitrogens with zero attached hydrogens (tertiary/aromatic N) is 2. The first-order chi connectivity index (χ1) is 8.74. The first kappa shape index (κ1) is 12.6. The molecule has 2 aromatic rings. The fourth-order valence-corrected chi connectivity index (χ4v) is 1.38. The van der Waals surface area contributed by atoms with E-state index in [4.69, 9.17) is 9.26 Å². The predicted molar refractivity (Wildman–Crippen MR) is 67.0 cm³/mol.